The van der Waals surface area contributed by atoms with Crippen molar-refractivity contribution in [3.8, 4) is 0 Å². The number of rotatable bonds is 5. The topological polar surface area (TPSA) is 124 Å². The number of carbonyl (C=O) groups excluding carboxylic acids is 1. The zero-order valence-electron chi connectivity index (χ0n) is 24.9. The van der Waals surface area contributed by atoms with Crippen molar-refractivity contribution in [1.82, 2.24) is 35.0 Å². The first-order valence-corrected chi connectivity index (χ1v) is 15.1. The average Bonchev–Trinajstić information content (AvgIpc) is 3.40. The Morgan fingerprint density at radius 3 is 2.33 bits per heavy atom. The number of fused-ring (bicyclic) bond motifs is 1. The summed E-state index contributed by atoms with van der Waals surface area (Å²) >= 11 is -0.750. The van der Waals surface area contributed by atoms with Crippen LogP contribution in [-0.2, 0) is 11.6 Å². The molecule has 42 heavy (non-hydrogen) atoms. The van der Waals surface area contributed by atoms with Crippen molar-refractivity contribution < 1.29 is 13.2 Å². The maximum absolute atomic E-state index is 13.0. The number of piperidine rings is 1. The van der Waals surface area contributed by atoms with E-state index in [0.29, 0.717) is 23.0 Å². The third-order valence-corrected chi connectivity index (χ3v) is 7.92. The summed E-state index contributed by atoms with van der Waals surface area (Å²) in [4.78, 5) is 21.9. The Kier molecular flexibility index (Phi) is 11.0. The molecule has 2 aromatic heterocycles. The van der Waals surface area contributed by atoms with E-state index in [1.165, 1.54) is 18.7 Å². The van der Waals surface area contributed by atoms with Crippen molar-refractivity contribution in [1.29, 1.82) is 0 Å². The van der Waals surface area contributed by atoms with E-state index in [2.05, 4.69) is 59.0 Å². The monoisotopic (exact) mass is 594 g/mol. The minimum absolute atomic E-state index is 0.0712. The van der Waals surface area contributed by atoms with Gasteiger partial charge in [0, 0.05) is 55.7 Å². The van der Waals surface area contributed by atoms with Gasteiger partial charge in [0.25, 0.3) is 5.91 Å². The van der Waals surface area contributed by atoms with Gasteiger partial charge >= 0.3 is 11.6 Å². The van der Waals surface area contributed by atoms with Crippen LogP contribution < -0.4 is 16.0 Å². The molecule has 3 aromatic rings. The van der Waals surface area contributed by atoms with E-state index in [4.69, 9.17) is 13.4 Å². The van der Waals surface area contributed by atoms with Gasteiger partial charge in [-0.05, 0) is 93.3 Å². The van der Waals surface area contributed by atoms with Crippen LogP contribution in [-0.4, -0.2) is 98.1 Å². The molecule has 2 saturated heterocycles. The molecule has 6 rings (SSSR count). The minimum atomic E-state index is -0.750. The van der Waals surface area contributed by atoms with Gasteiger partial charge in [0.15, 0.2) is 5.65 Å². The molecule has 0 radical (unpaired) electrons. The highest BCUT2D eigenvalue weighted by atomic mass is 32.1. The van der Waals surface area contributed by atoms with Gasteiger partial charge in [0.2, 0.25) is 5.95 Å². The number of anilines is 2. The number of likely N-dealkylation sites (tertiary alicyclic amines) is 1. The molecule has 5 heterocycles. The Balaban J connectivity index is 0.000000390. The molecule has 2 fully saturated rings. The number of carbonyl (C=O) groups is 1. The van der Waals surface area contributed by atoms with Gasteiger partial charge in [-0.25, -0.2) is 4.52 Å². The van der Waals surface area contributed by atoms with Gasteiger partial charge in [-0.1, -0.05) is 19.9 Å². The van der Waals surface area contributed by atoms with Crippen LogP contribution in [0.5, 0.6) is 0 Å². The zero-order valence-corrected chi connectivity index (χ0v) is 25.7. The first-order chi connectivity index (χ1) is 20.2. The SMILES string of the molecule is CC1(C)CNC1.CN1CCC(N(C)C(=O)c2ccc(Nc3nc4c(C5=CCNCC5)cccn4n3)cc2)CC1.O=S=O. The Hall–Kier alpha value is -3.45. The molecular formula is C30H42N8O3S. The standard InChI is InChI=1S/C25H31N7O.C5H11N.O2S/c1-30-16-11-21(12-17-30)31(2)24(33)19-5-7-20(8-6-19)27-25-28-23-22(4-3-15-32(23)29-25)18-9-13-26-14-10-18;1-5(2)3-6-4-5;1-3-2/h3-9,15,21,26H,10-14,16-17H2,1-2H3,(H,27,29);6H,3-4H2,1-2H3;. The van der Waals surface area contributed by atoms with Crippen molar-refractivity contribution in [2.75, 3.05) is 58.7 Å². The van der Waals surface area contributed by atoms with Crippen molar-refractivity contribution in [2.45, 2.75) is 39.2 Å². The summed E-state index contributed by atoms with van der Waals surface area (Å²) < 4.78 is 18.4. The first-order valence-electron chi connectivity index (χ1n) is 14.4. The summed E-state index contributed by atoms with van der Waals surface area (Å²) in [5.74, 6) is 0.612. The van der Waals surface area contributed by atoms with Crippen LogP contribution in [0, 0.1) is 5.41 Å². The Bertz CT molecular complexity index is 1400. The summed E-state index contributed by atoms with van der Waals surface area (Å²) in [6.45, 7) is 10.9. The van der Waals surface area contributed by atoms with Crippen LogP contribution >= 0.6 is 0 Å². The molecule has 1 amide bonds. The van der Waals surface area contributed by atoms with Crippen molar-refractivity contribution >= 4 is 40.3 Å². The van der Waals surface area contributed by atoms with Crippen LogP contribution in [0.1, 0.15) is 49.0 Å². The Morgan fingerprint density at radius 1 is 1.10 bits per heavy atom. The summed E-state index contributed by atoms with van der Waals surface area (Å²) in [6.07, 6.45) is 7.16. The smallest absolute Gasteiger partial charge is 0.335 e. The highest BCUT2D eigenvalue weighted by molar-refractivity contribution is 7.51. The van der Waals surface area contributed by atoms with E-state index < -0.39 is 11.6 Å². The molecule has 0 aliphatic carbocycles. The highest BCUT2D eigenvalue weighted by Crippen LogP contribution is 2.25. The summed E-state index contributed by atoms with van der Waals surface area (Å²) in [5, 5.41) is 14.4. The molecule has 0 atom stereocenters. The largest absolute Gasteiger partial charge is 0.339 e. The second kappa shape index (κ2) is 14.6. The number of amides is 1. The first kappa shape index (κ1) is 31.5. The zero-order chi connectivity index (χ0) is 30.1. The van der Waals surface area contributed by atoms with E-state index in [9.17, 15) is 4.79 Å². The second-order valence-electron chi connectivity index (χ2n) is 11.8. The molecule has 12 heteroatoms. The van der Waals surface area contributed by atoms with Crippen LogP contribution in [0.2, 0.25) is 0 Å². The molecular weight excluding hydrogens is 552 g/mol. The lowest BCUT2D eigenvalue weighted by molar-refractivity contribution is 0.0659. The van der Waals surface area contributed by atoms with E-state index >= 15 is 0 Å². The van der Waals surface area contributed by atoms with Crippen molar-refractivity contribution in [3.05, 3.63) is 59.8 Å². The number of benzene rings is 1. The molecule has 0 unspecified atom stereocenters. The highest BCUT2D eigenvalue weighted by Gasteiger charge is 2.25. The predicted octanol–water partition coefficient (Wildman–Crippen LogP) is 2.96. The number of pyridine rings is 1. The van der Waals surface area contributed by atoms with Gasteiger partial charge < -0.3 is 25.8 Å². The fourth-order valence-corrected chi connectivity index (χ4v) is 5.28. The molecule has 3 N–H and O–H groups in total. The number of aromatic nitrogens is 3. The van der Waals surface area contributed by atoms with Crippen molar-refractivity contribution in [2.24, 2.45) is 5.41 Å². The number of hydrogen-bond acceptors (Lipinski definition) is 9. The van der Waals surface area contributed by atoms with E-state index in [1.54, 1.807) is 0 Å². The average molecular weight is 595 g/mol. The maximum atomic E-state index is 13.0. The van der Waals surface area contributed by atoms with Gasteiger partial charge in [-0.2, -0.15) is 13.4 Å². The van der Waals surface area contributed by atoms with Crippen LogP contribution in [0.4, 0.5) is 11.6 Å². The van der Waals surface area contributed by atoms with Gasteiger partial charge in [-0.3, -0.25) is 4.79 Å². The Labute approximate surface area is 251 Å². The fourth-order valence-electron chi connectivity index (χ4n) is 5.28. The summed E-state index contributed by atoms with van der Waals surface area (Å²) in [5.41, 5.74) is 5.43. The summed E-state index contributed by atoms with van der Waals surface area (Å²) in [6, 6.07) is 12.0. The van der Waals surface area contributed by atoms with E-state index in [-0.39, 0.29) is 5.91 Å². The quantitative estimate of drug-likeness (QED) is 0.409. The maximum Gasteiger partial charge on any atom is 0.335 e. The van der Waals surface area contributed by atoms with Gasteiger partial charge in [0.05, 0.1) is 0 Å². The fraction of sp³-hybridized carbons (Fsp3) is 0.500. The number of nitrogens with one attached hydrogen (secondary N) is 3. The summed E-state index contributed by atoms with van der Waals surface area (Å²) in [7, 11) is 4.05. The van der Waals surface area contributed by atoms with Crippen molar-refractivity contribution in [3.63, 3.8) is 0 Å². The molecule has 0 bridgehead atoms. The lowest BCUT2D eigenvalue weighted by Crippen LogP contribution is -2.49. The predicted molar refractivity (Wildman–Crippen MR) is 166 cm³/mol. The Morgan fingerprint density at radius 2 is 1.76 bits per heavy atom. The van der Waals surface area contributed by atoms with E-state index in [1.807, 2.05) is 53.0 Å². The third kappa shape index (κ3) is 8.31. The molecule has 0 saturated carbocycles. The minimum Gasteiger partial charge on any atom is -0.339 e. The van der Waals surface area contributed by atoms with E-state index in [0.717, 1.165) is 62.3 Å². The number of hydrogen-bond donors (Lipinski definition) is 3. The molecule has 226 valence electrons. The molecule has 11 nitrogen and oxygen atoms in total. The van der Waals surface area contributed by atoms with Crippen LogP contribution in [0.3, 0.4) is 0 Å². The molecule has 0 spiro atoms. The normalized spacial score (nSPS) is 18.3. The van der Waals surface area contributed by atoms with Gasteiger partial charge in [-0.15, -0.1) is 5.10 Å². The second-order valence-corrected chi connectivity index (χ2v) is 11.9. The molecule has 1 aromatic carbocycles. The number of nitrogens with zero attached hydrogens (tertiary/aromatic N) is 5. The lowest BCUT2D eigenvalue weighted by atomic mass is 9.87. The van der Waals surface area contributed by atoms with Crippen LogP contribution in [0.25, 0.3) is 11.2 Å². The lowest BCUT2D eigenvalue weighted by Gasteiger charge is -2.35. The van der Waals surface area contributed by atoms with Crippen LogP contribution in [0.15, 0.2) is 48.7 Å². The molecule has 3 aliphatic heterocycles. The third-order valence-electron chi connectivity index (χ3n) is 7.92. The van der Waals surface area contributed by atoms with Gasteiger partial charge in [0.1, 0.15) is 0 Å². The molecule has 3 aliphatic rings.